The Balaban J connectivity index is 2.54. The molecule has 9 heteroatoms. The van der Waals surface area contributed by atoms with E-state index in [4.69, 9.17) is 4.74 Å². The number of hydrogen-bond donors (Lipinski definition) is 3. The molecule has 116 valence electrons. The van der Waals surface area contributed by atoms with Crippen molar-refractivity contribution in [1.82, 2.24) is 15.0 Å². The van der Waals surface area contributed by atoms with Gasteiger partial charge in [-0.1, -0.05) is 6.92 Å². The van der Waals surface area contributed by atoms with Gasteiger partial charge in [0.25, 0.3) is 0 Å². The van der Waals surface area contributed by atoms with Gasteiger partial charge in [0.1, 0.15) is 0 Å². The second kappa shape index (κ2) is 8.53. The van der Waals surface area contributed by atoms with Crippen LogP contribution in [0.15, 0.2) is 5.38 Å². The standard InChI is InChI=1S/C11H22N4O3S2/c1-4-5-12-9(2)10-8-19-11(14-10)15-20(16,17)13-6-7-18-3/h8-9,12-13H,4-7H2,1-3H3,(H,14,15). The SMILES string of the molecule is CCCNC(C)c1csc(NS(=O)(=O)NCCOC)n1. The Kier molecular flexibility index (Phi) is 7.38. The molecule has 0 saturated carbocycles. The Labute approximate surface area is 124 Å². The molecule has 1 unspecified atom stereocenters. The highest BCUT2D eigenvalue weighted by Crippen LogP contribution is 2.21. The topological polar surface area (TPSA) is 92.3 Å². The zero-order valence-electron chi connectivity index (χ0n) is 12.0. The van der Waals surface area contributed by atoms with Crippen LogP contribution in [0.4, 0.5) is 5.13 Å². The summed E-state index contributed by atoms with van der Waals surface area (Å²) in [6.45, 7) is 5.53. The van der Waals surface area contributed by atoms with Crippen molar-refractivity contribution in [2.45, 2.75) is 26.3 Å². The second-order valence-electron chi connectivity index (χ2n) is 4.25. The first kappa shape index (κ1) is 17.3. The maximum absolute atomic E-state index is 11.7. The van der Waals surface area contributed by atoms with E-state index in [1.165, 1.54) is 18.4 Å². The molecule has 0 aliphatic carbocycles. The smallest absolute Gasteiger partial charge is 0.300 e. The first-order valence-electron chi connectivity index (χ1n) is 6.43. The minimum atomic E-state index is -3.59. The van der Waals surface area contributed by atoms with E-state index in [0.29, 0.717) is 11.7 Å². The Morgan fingerprint density at radius 1 is 1.45 bits per heavy atom. The Morgan fingerprint density at radius 2 is 2.20 bits per heavy atom. The Hall–Kier alpha value is -0.740. The molecule has 1 rings (SSSR count). The van der Waals surface area contributed by atoms with Gasteiger partial charge in [-0.3, -0.25) is 0 Å². The molecule has 7 nitrogen and oxygen atoms in total. The van der Waals surface area contributed by atoms with Gasteiger partial charge < -0.3 is 10.1 Å². The van der Waals surface area contributed by atoms with Gasteiger partial charge in [-0.15, -0.1) is 11.3 Å². The molecule has 0 aliphatic rings. The summed E-state index contributed by atoms with van der Waals surface area (Å²) < 4.78 is 32.9. The van der Waals surface area contributed by atoms with Crippen LogP contribution in [0.3, 0.4) is 0 Å². The average Bonchev–Trinajstić information content (AvgIpc) is 2.83. The monoisotopic (exact) mass is 322 g/mol. The molecule has 0 radical (unpaired) electrons. The number of nitrogens with one attached hydrogen (secondary N) is 3. The lowest BCUT2D eigenvalue weighted by Crippen LogP contribution is -2.32. The van der Waals surface area contributed by atoms with Gasteiger partial charge in [-0.2, -0.15) is 13.1 Å². The molecule has 0 fully saturated rings. The molecule has 0 aliphatic heterocycles. The van der Waals surface area contributed by atoms with Crippen molar-refractivity contribution in [1.29, 1.82) is 0 Å². The summed E-state index contributed by atoms with van der Waals surface area (Å²) in [5.41, 5.74) is 0.832. The largest absolute Gasteiger partial charge is 0.383 e. The van der Waals surface area contributed by atoms with Gasteiger partial charge in [0.15, 0.2) is 5.13 Å². The van der Waals surface area contributed by atoms with Gasteiger partial charge in [0, 0.05) is 25.1 Å². The van der Waals surface area contributed by atoms with Crippen LogP contribution in [0, 0.1) is 0 Å². The zero-order chi connectivity index (χ0) is 15.0. The highest BCUT2D eigenvalue weighted by molar-refractivity contribution is 7.91. The molecular weight excluding hydrogens is 300 g/mol. The first-order chi connectivity index (χ1) is 9.48. The van der Waals surface area contributed by atoms with Crippen molar-refractivity contribution < 1.29 is 13.2 Å². The summed E-state index contributed by atoms with van der Waals surface area (Å²) in [6, 6.07) is 0.103. The van der Waals surface area contributed by atoms with E-state index < -0.39 is 10.2 Å². The molecule has 1 aromatic rings. The summed E-state index contributed by atoms with van der Waals surface area (Å²) in [7, 11) is -2.08. The molecule has 1 atom stereocenters. The van der Waals surface area contributed by atoms with E-state index in [0.717, 1.165) is 18.7 Å². The number of rotatable bonds is 10. The van der Waals surface area contributed by atoms with Crippen LogP contribution in [0.5, 0.6) is 0 Å². The lowest BCUT2D eigenvalue weighted by Gasteiger charge is -2.10. The third-order valence-electron chi connectivity index (χ3n) is 2.49. The number of thiazole rings is 1. The lowest BCUT2D eigenvalue weighted by molar-refractivity contribution is 0.204. The van der Waals surface area contributed by atoms with Crippen molar-refractivity contribution in [3.8, 4) is 0 Å². The van der Waals surface area contributed by atoms with Crippen molar-refractivity contribution in [3.63, 3.8) is 0 Å². The fourth-order valence-electron chi connectivity index (χ4n) is 1.43. The minimum Gasteiger partial charge on any atom is -0.383 e. The third kappa shape index (κ3) is 6.14. The van der Waals surface area contributed by atoms with Crippen LogP contribution in [0.1, 0.15) is 32.0 Å². The zero-order valence-corrected chi connectivity index (χ0v) is 13.6. The third-order valence-corrected chi connectivity index (χ3v) is 4.44. The molecule has 0 saturated heterocycles. The Bertz CT molecular complexity index is 490. The highest BCUT2D eigenvalue weighted by Gasteiger charge is 2.14. The average molecular weight is 322 g/mol. The van der Waals surface area contributed by atoms with Gasteiger partial charge >= 0.3 is 10.2 Å². The highest BCUT2D eigenvalue weighted by atomic mass is 32.2. The molecule has 20 heavy (non-hydrogen) atoms. The number of ether oxygens (including phenoxy) is 1. The predicted molar refractivity (Wildman–Crippen MR) is 81.2 cm³/mol. The quantitative estimate of drug-likeness (QED) is 0.561. The number of nitrogens with zero attached hydrogens (tertiary/aromatic N) is 1. The van der Waals surface area contributed by atoms with Crippen LogP contribution in [-0.4, -0.2) is 40.2 Å². The van der Waals surface area contributed by atoms with Crippen LogP contribution in [0.2, 0.25) is 0 Å². The van der Waals surface area contributed by atoms with Gasteiger partial charge in [0.05, 0.1) is 12.3 Å². The van der Waals surface area contributed by atoms with Crippen molar-refractivity contribution >= 4 is 26.7 Å². The molecule has 1 aromatic heterocycles. The first-order valence-corrected chi connectivity index (χ1v) is 8.80. The summed E-state index contributed by atoms with van der Waals surface area (Å²) >= 11 is 1.26. The van der Waals surface area contributed by atoms with E-state index in [-0.39, 0.29) is 12.6 Å². The fourth-order valence-corrected chi connectivity index (χ4v) is 3.30. The minimum absolute atomic E-state index is 0.103. The summed E-state index contributed by atoms with van der Waals surface area (Å²) in [4.78, 5) is 4.27. The summed E-state index contributed by atoms with van der Waals surface area (Å²) in [6.07, 6.45) is 1.04. The number of methoxy groups -OCH3 is 1. The van der Waals surface area contributed by atoms with E-state index in [2.05, 4.69) is 26.7 Å². The number of anilines is 1. The van der Waals surface area contributed by atoms with Crippen LogP contribution >= 0.6 is 11.3 Å². The van der Waals surface area contributed by atoms with Gasteiger partial charge in [-0.25, -0.2) is 9.71 Å². The van der Waals surface area contributed by atoms with Gasteiger partial charge in [-0.05, 0) is 19.9 Å². The van der Waals surface area contributed by atoms with Crippen molar-refractivity contribution in [2.75, 3.05) is 31.5 Å². The van der Waals surface area contributed by atoms with E-state index >= 15 is 0 Å². The maximum atomic E-state index is 11.7. The van der Waals surface area contributed by atoms with Crippen molar-refractivity contribution in [3.05, 3.63) is 11.1 Å². The number of aromatic nitrogens is 1. The normalized spacial score (nSPS) is 13.3. The van der Waals surface area contributed by atoms with Crippen LogP contribution in [0.25, 0.3) is 0 Å². The fraction of sp³-hybridized carbons (Fsp3) is 0.727. The predicted octanol–water partition coefficient (Wildman–Crippen LogP) is 1.10. The van der Waals surface area contributed by atoms with E-state index in [9.17, 15) is 8.42 Å². The van der Waals surface area contributed by atoms with E-state index in [1.807, 2.05) is 12.3 Å². The molecule has 3 N–H and O–H groups in total. The van der Waals surface area contributed by atoms with Crippen LogP contribution < -0.4 is 14.8 Å². The van der Waals surface area contributed by atoms with Gasteiger partial charge in [0.2, 0.25) is 0 Å². The molecule has 0 amide bonds. The Morgan fingerprint density at radius 3 is 2.85 bits per heavy atom. The molecule has 0 spiro atoms. The molecule has 1 heterocycles. The molecule has 0 bridgehead atoms. The molecular formula is C11H22N4O3S2. The summed E-state index contributed by atoms with van der Waals surface area (Å²) in [5, 5.41) is 5.51. The maximum Gasteiger partial charge on any atom is 0.300 e. The number of hydrogen-bond acceptors (Lipinski definition) is 6. The molecule has 0 aromatic carbocycles. The second-order valence-corrected chi connectivity index (χ2v) is 6.60. The van der Waals surface area contributed by atoms with Crippen molar-refractivity contribution in [2.24, 2.45) is 0 Å². The summed E-state index contributed by atoms with van der Waals surface area (Å²) in [5.74, 6) is 0. The van der Waals surface area contributed by atoms with Crippen LogP contribution in [-0.2, 0) is 14.9 Å². The van der Waals surface area contributed by atoms with E-state index in [1.54, 1.807) is 0 Å². The lowest BCUT2D eigenvalue weighted by atomic mass is 10.2.